The SMILES string of the molecule is C[N+](C)(CCCC(P(=O)(O)O)P(=O)(O)O)CCC1CCCNC1.[Cl-]. The molecule has 0 aromatic rings. The highest BCUT2D eigenvalue weighted by molar-refractivity contribution is 7.70. The van der Waals surface area contributed by atoms with Crippen LogP contribution in [0.25, 0.3) is 0 Å². The molecule has 0 aromatic carbocycles. The van der Waals surface area contributed by atoms with Gasteiger partial charge in [-0.1, -0.05) is 0 Å². The Balaban J connectivity index is 0.00000529. The summed E-state index contributed by atoms with van der Waals surface area (Å²) in [7, 11) is -5.51. The van der Waals surface area contributed by atoms with Crippen LogP contribution in [-0.2, 0) is 9.13 Å². The van der Waals surface area contributed by atoms with E-state index in [1.165, 1.54) is 12.8 Å². The van der Waals surface area contributed by atoms with E-state index < -0.39 is 20.6 Å². The van der Waals surface area contributed by atoms with E-state index in [2.05, 4.69) is 5.32 Å². The highest BCUT2D eigenvalue weighted by atomic mass is 35.5. The molecule has 1 aliphatic rings. The molecular formula is C13H31ClN2O6P2. The second-order valence-electron chi connectivity index (χ2n) is 7.19. The normalized spacial score (nSPS) is 20.0. The van der Waals surface area contributed by atoms with Gasteiger partial charge in [0.25, 0.3) is 0 Å². The number of nitrogens with zero attached hydrogens (tertiary/aromatic N) is 1. The number of halogens is 1. The molecule has 0 aliphatic carbocycles. The molecule has 146 valence electrons. The van der Waals surface area contributed by atoms with Crippen LogP contribution in [0.5, 0.6) is 0 Å². The Bertz CT molecular complexity index is 439. The number of nitrogens with one attached hydrogen (secondary N) is 1. The van der Waals surface area contributed by atoms with Crippen molar-refractivity contribution in [3.63, 3.8) is 0 Å². The van der Waals surface area contributed by atoms with Crippen LogP contribution < -0.4 is 17.7 Å². The lowest BCUT2D eigenvalue weighted by atomic mass is 9.96. The van der Waals surface area contributed by atoms with E-state index in [9.17, 15) is 9.13 Å². The molecule has 0 radical (unpaired) electrons. The molecule has 24 heavy (non-hydrogen) atoms. The number of hydrogen-bond acceptors (Lipinski definition) is 3. The smallest absolute Gasteiger partial charge is 0.340 e. The highest BCUT2D eigenvalue weighted by Crippen LogP contribution is 2.61. The van der Waals surface area contributed by atoms with Gasteiger partial charge in [-0.05, 0) is 44.7 Å². The van der Waals surface area contributed by atoms with Crippen LogP contribution in [0.15, 0.2) is 0 Å². The standard InChI is InChI=1S/C13H30N2O6P2.ClH/c1-15(2,10-7-12-5-3-8-14-11-12)9-4-6-13(22(16,17)18)23(19,20)21;/h12-14H,3-11H2,1-2H3,(H3-,16,17,18,19,20,21);1H. The van der Waals surface area contributed by atoms with Crippen molar-refractivity contribution in [1.29, 1.82) is 0 Å². The number of quaternary nitrogens is 1. The molecule has 11 heteroatoms. The summed E-state index contributed by atoms with van der Waals surface area (Å²) < 4.78 is 23.2. The van der Waals surface area contributed by atoms with E-state index in [1.54, 1.807) is 0 Å². The molecule has 1 unspecified atom stereocenters. The highest BCUT2D eigenvalue weighted by Gasteiger charge is 2.42. The predicted molar refractivity (Wildman–Crippen MR) is 89.2 cm³/mol. The maximum atomic E-state index is 11.3. The summed E-state index contributed by atoms with van der Waals surface area (Å²) in [6.45, 7) is 3.71. The van der Waals surface area contributed by atoms with E-state index in [4.69, 9.17) is 19.6 Å². The van der Waals surface area contributed by atoms with Gasteiger partial charge >= 0.3 is 15.2 Å². The van der Waals surface area contributed by atoms with Crippen molar-refractivity contribution >= 4 is 15.2 Å². The molecule has 1 aliphatic heterocycles. The molecule has 1 rings (SSSR count). The van der Waals surface area contributed by atoms with Gasteiger partial charge in [-0.2, -0.15) is 0 Å². The van der Waals surface area contributed by atoms with E-state index >= 15 is 0 Å². The van der Waals surface area contributed by atoms with Gasteiger partial charge < -0.3 is 41.8 Å². The van der Waals surface area contributed by atoms with Crippen LogP contribution in [0.3, 0.4) is 0 Å². The van der Waals surface area contributed by atoms with Crippen LogP contribution >= 0.6 is 15.2 Å². The van der Waals surface area contributed by atoms with Crippen molar-refractivity contribution in [2.24, 2.45) is 5.92 Å². The first-order valence-electron chi connectivity index (χ1n) is 8.05. The Morgan fingerprint density at radius 2 is 1.71 bits per heavy atom. The monoisotopic (exact) mass is 408 g/mol. The maximum absolute atomic E-state index is 11.3. The van der Waals surface area contributed by atoms with E-state index in [0.29, 0.717) is 23.4 Å². The first-order chi connectivity index (χ1) is 10.4. The second kappa shape index (κ2) is 10.0. The summed E-state index contributed by atoms with van der Waals surface area (Å²) >= 11 is 0. The molecule has 0 bridgehead atoms. The third-order valence-electron chi connectivity index (χ3n) is 4.54. The molecule has 0 aromatic heterocycles. The van der Waals surface area contributed by atoms with Gasteiger partial charge in [-0.25, -0.2) is 0 Å². The van der Waals surface area contributed by atoms with Gasteiger partial charge in [0.05, 0.1) is 27.2 Å². The Labute approximate surface area is 150 Å². The number of rotatable bonds is 9. The summed E-state index contributed by atoms with van der Waals surface area (Å²) in [4.78, 5) is 36.5. The maximum Gasteiger partial charge on any atom is 0.340 e. The topological polar surface area (TPSA) is 127 Å². The Morgan fingerprint density at radius 1 is 1.12 bits per heavy atom. The van der Waals surface area contributed by atoms with Gasteiger partial charge in [0, 0.05) is 6.42 Å². The minimum absolute atomic E-state index is 0. The fourth-order valence-corrected chi connectivity index (χ4v) is 5.65. The lowest BCUT2D eigenvalue weighted by Crippen LogP contribution is -3.00. The zero-order valence-corrected chi connectivity index (χ0v) is 16.9. The Kier molecular flexibility index (Phi) is 10.2. The second-order valence-corrected chi connectivity index (χ2v) is 11.2. The van der Waals surface area contributed by atoms with Gasteiger partial charge in [-0.3, -0.25) is 9.13 Å². The molecule has 0 amide bonds. The lowest BCUT2D eigenvalue weighted by molar-refractivity contribution is -0.891. The van der Waals surface area contributed by atoms with Crippen molar-refractivity contribution in [2.75, 3.05) is 40.3 Å². The molecule has 8 nitrogen and oxygen atoms in total. The molecular weight excluding hydrogens is 378 g/mol. The quantitative estimate of drug-likeness (QED) is 0.219. The van der Waals surface area contributed by atoms with Crippen molar-refractivity contribution in [3.05, 3.63) is 0 Å². The molecule has 0 spiro atoms. The third-order valence-corrected chi connectivity index (χ3v) is 8.42. The molecule has 1 atom stereocenters. The minimum Gasteiger partial charge on any atom is -1.00 e. The van der Waals surface area contributed by atoms with E-state index in [-0.39, 0.29) is 18.8 Å². The number of piperidine rings is 1. The minimum atomic E-state index is -4.80. The summed E-state index contributed by atoms with van der Waals surface area (Å²) in [5.74, 6) is 0.666. The molecule has 1 heterocycles. The van der Waals surface area contributed by atoms with E-state index in [1.807, 2.05) is 14.1 Å². The first-order valence-corrected chi connectivity index (χ1v) is 11.4. The van der Waals surface area contributed by atoms with Gasteiger partial charge in [-0.15, -0.1) is 0 Å². The average molecular weight is 409 g/mol. The van der Waals surface area contributed by atoms with Crippen molar-refractivity contribution in [1.82, 2.24) is 5.32 Å². The first kappa shape index (κ1) is 24.5. The average Bonchev–Trinajstić information content (AvgIpc) is 2.40. The Morgan fingerprint density at radius 3 is 2.17 bits per heavy atom. The van der Waals surface area contributed by atoms with Crippen LogP contribution in [0.1, 0.15) is 32.1 Å². The molecule has 0 saturated carbocycles. The summed E-state index contributed by atoms with van der Waals surface area (Å²) in [6, 6.07) is 0. The van der Waals surface area contributed by atoms with Crippen molar-refractivity contribution in [3.8, 4) is 0 Å². The third kappa shape index (κ3) is 9.27. The fraction of sp³-hybridized carbons (Fsp3) is 1.00. The van der Waals surface area contributed by atoms with Gasteiger partial charge in [0.1, 0.15) is 0 Å². The summed E-state index contributed by atoms with van der Waals surface area (Å²) in [5.41, 5.74) is 0. The lowest BCUT2D eigenvalue weighted by Gasteiger charge is -2.33. The summed E-state index contributed by atoms with van der Waals surface area (Å²) in [5, 5.41) is 1.50. The fourth-order valence-electron chi connectivity index (χ4n) is 3.05. The van der Waals surface area contributed by atoms with Crippen LogP contribution in [0.2, 0.25) is 0 Å². The number of hydrogen-bond donors (Lipinski definition) is 5. The largest absolute Gasteiger partial charge is 1.00 e. The predicted octanol–water partition coefficient (Wildman–Crippen LogP) is -2.08. The Hall–Kier alpha value is 0.510. The zero-order valence-electron chi connectivity index (χ0n) is 14.3. The van der Waals surface area contributed by atoms with E-state index in [0.717, 1.165) is 26.1 Å². The molecule has 1 saturated heterocycles. The van der Waals surface area contributed by atoms with Crippen molar-refractivity contribution in [2.45, 2.75) is 37.5 Å². The van der Waals surface area contributed by atoms with Crippen LogP contribution in [0, 0.1) is 5.92 Å². The molecule has 1 fully saturated rings. The van der Waals surface area contributed by atoms with Crippen molar-refractivity contribution < 1.29 is 45.6 Å². The molecule has 5 N–H and O–H groups in total. The summed E-state index contributed by atoms with van der Waals surface area (Å²) in [6.07, 6.45) is 3.72. The van der Waals surface area contributed by atoms with Crippen LogP contribution in [0.4, 0.5) is 0 Å². The zero-order chi connectivity index (χ0) is 17.7. The van der Waals surface area contributed by atoms with Crippen LogP contribution in [-0.4, -0.2) is 69.7 Å². The van der Waals surface area contributed by atoms with Gasteiger partial charge in [0.15, 0.2) is 5.40 Å². The van der Waals surface area contributed by atoms with Gasteiger partial charge in [0.2, 0.25) is 0 Å².